The van der Waals surface area contributed by atoms with E-state index in [0.29, 0.717) is 40.8 Å². The lowest BCUT2D eigenvalue weighted by Crippen LogP contribution is -2.76. The van der Waals surface area contributed by atoms with Crippen LogP contribution >= 0.6 is 11.3 Å². The Morgan fingerprint density at radius 1 is 1.20 bits per heavy atom. The lowest BCUT2D eigenvalue weighted by molar-refractivity contribution is -0.218. The number of ether oxygens (including phenoxy) is 1. The molecule has 4 fully saturated rings. The molecule has 54 heavy (non-hydrogen) atoms. The number of hydrogen-bond acceptors (Lipinski definition) is 14. The van der Waals surface area contributed by atoms with Crippen LogP contribution < -0.4 is 27.3 Å². The number of benzene rings is 1. The Morgan fingerprint density at radius 3 is 2.50 bits per heavy atom. The zero-order valence-electron chi connectivity index (χ0n) is 30.7. The van der Waals surface area contributed by atoms with Gasteiger partial charge in [0, 0.05) is 16.5 Å². The summed E-state index contributed by atoms with van der Waals surface area (Å²) < 4.78 is 42.0. The zero-order valence-corrected chi connectivity index (χ0v) is 32.4. The summed E-state index contributed by atoms with van der Waals surface area (Å²) in [6.07, 6.45) is 2.23. The topological polar surface area (TPSA) is 284 Å². The molecule has 1 aromatic heterocycles. The maximum absolute atomic E-state index is 13.5. The van der Waals surface area contributed by atoms with Gasteiger partial charge in [0.05, 0.1) is 11.1 Å². The second-order valence-corrected chi connectivity index (χ2v) is 17.7. The number of fused-ring (bicyclic) bond motifs is 4. The van der Waals surface area contributed by atoms with Crippen molar-refractivity contribution in [2.45, 2.75) is 108 Å². The van der Waals surface area contributed by atoms with Crippen LogP contribution in [-0.2, 0) is 40.3 Å². The Kier molecular flexibility index (Phi) is 9.78. The first-order valence-corrected chi connectivity index (χ1v) is 19.7. The first-order chi connectivity index (χ1) is 25.0. The first-order valence-electron chi connectivity index (χ1n) is 17.4. The number of carboxylic acid groups (broad SMARTS) is 1. The summed E-state index contributed by atoms with van der Waals surface area (Å²) in [5.74, 6) is -1.32. The fourth-order valence-electron chi connectivity index (χ4n) is 8.18. The Morgan fingerprint density at radius 2 is 1.91 bits per heavy atom. The van der Waals surface area contributed by atoms with Gasteiger partial charge in [0.1, 0.15) is 23.3 Å². The molecular weight excluding hydrogens is 745 g/mol. The smallest absolute Gasteiger partial charge is 0.418 e. The lowest BCUT2D eigenvalue weighted by Gasteiger charge is -2.51. The normalized spacial score (nSPS) is 31.8. The van der Waals surface area contributed by atoms with E-state index in [1.165, 1.54) is 26.2 Å². The maximum Gasteiger partial charge on any atom is 0.418 e. The van der Waals surface area contributed by atoms with Crippen molar-refractivity contribution < 1.29 is 46.3 Å². The van der Waals surface area contributed by atoms with Crippen LogP contribution in [0, 0.1) is 17.8 Å². The van der Waals surface area contributed by atoms with Crippen LogP contribution in [0.4, 0.5) is 5.13 Å². The molecule has 7 rings (SSSR count). The molecule has 0 radical (unpaired) electrons. The van der Waals surface area contributed by atoms with Crippen molar-refractivity contribution >= 4 is 56.2 Å². The van der Waals surface area contributed by atoms with Crippen LogP contribution in [0.25, 0.3) is 0 Å². The van der Waals surface area contributed by atoms with Gasteiger partial charge in [0.25, 0.3) is 17.4 Å². The number of nitrogens with zero attached hydrogens (tertiary/aromatic N) is 4. The average molecular weight is 791 g/mol. The molecule has 2 aromatic rings. The van der Waals surface area contributed by atoms with E-state index in [4.69, 9.17) is 36.3 Å². The number of carbonyl (C=O) groups excluding carboxylic acids is 2. The molecular formula is C34H46N8O10S2. The summed E-state index contributed by atoms with van der Waals surface area (Å²) in [5, 5.41) is 18.6. The van der Waals surface area contributed by atoms with E-state index in [0.717, 1.165) is 41.7 Å². The van der Waals surface area contributed by atoms with Crippen LogP contribution in [0.5, 0.6) is 5.75 Å². The van der Waals surface area contributed by atoms with Crippen LogP contribution in [0.3, 0.4) is 0 Å². The van der Waals surface area contributed by atoms with E-state index in [1.54, 1.807) is 12.1 Å². The van der Waals surface area contributed by atoms with Crippen molar-refractivity contribution in [1.29, 1.82) is 0 Å². The molecule has 3 aliphatic carbocycles. The first kappa shape index (κ1) is 39.3. The van der Waals surface area contributed by atoms with Crippen LogP contribution in [-0.4, -0.2) is 91.8 Å². The van der Waals surface area contributed by atoms with E-state index in [1.807, 2.05) is 6.07 Å². The van der Waals surface area contributed by atoms with Gasteiger partial charge in [-0.2, -0.15) is 13.5 Å². The molecule has 20 heteroatoms. The quantitative estimate of drug-likeness (QED) is 0.0622. The molecule has 2 amide bonds. The molecule has 18 nitrogen and oxygen atoms in total. The molecule has 3 heterocycles. The van der Waals surface area contributed by atoms with Gasteiger partial charge in [0.2, 0.25) is 0 Å². The molecule has 9 N–H and O–H groups in total. The lowest BCUT2D eigenvalue weighted by atomic mass is 9.56. The highest BCUT2D eigenvalue weighted by molar-refractivity contribution is 7.80. The number of thiazole rings is 1. The van der Waals surface area contributed by atoms with Gasteiger partial charge in [-0.1, -0.05) is 12.1 Å². The number of amides is 2. The minimum Gasteiger partial charge on any atom is -0.485 e. The van der Waals surface area contributed by atoms with Crippen molar-refractivity contribution in [2.24, 2.45) is 39.4 Å². The third-order valence-corrected chi connectivity index (χ3v) is 12.7. The summed E-state index contributed by atoms with van der Waals surface area (Å²) in [7, 11) is -5.04. The summed E-state index contributed by atoms with van der Waals surface area (Å²) in [6, 6.07) is 4.04. The van der Waals surface area contributed by atoms with Crippen LogP contribution in [0.15, 0.2) is 33.7 Å². The highest BCUT2D eigenvalue weighted by atomic mass is 32.3. The molecule has 3 saturated carbocycles. The average Bonchev–Trinajstić information content (AvgIpc) is 3.45. The van der Waals surface area contributed by atoms with Crippen LogP contribution in [0.1, 0.15) is 84.0 Å². The van der Waals surface area contributed by atoms with Gasteiger partial charge >= 0.3 is 16.4 Å². The van der Waals surface area contributed by atoms with E-state index < -0.39 is 57.2 Å². The molecule has 2 bridgehead atoms. The van der Waals surface area contributed by atoms with Crippen molar-refractivity contribution in [3.63, 3.8) is 0 Å². The fourth-order valence-corrected chi connectivity index (χ4v) is 9.18. The van der Waals surface area contributed by atoms with E-state index in [2.05, 4.69) is 40.5 Å². The standard InChI is InChI=1S/C34H46N8O10S2/c1-16-19-14-20(16)33(5,12-11-32(19,4)37)40-26(35)18-7-9-22-17(13-18)8-10-23(50-22)34(6,29(45)46)51-41-24(21-15-53-30(36)38-21)27(43)39-25-28(44)42(31(25,2)3)52-54(47,48)49/h7,9,13,15-16,19-20,23,25H,8,10-12,14,37H2,1-6H3,(H2,35,40)(H2,36,38)(H,39,43)(H,45,46)(H,47,48,49)/b41-24-/t16-,19-,20+,23-,25-,32?,33-,34+/m1/s1. The molecule has 1 aromatic carbocycles. The SMILES string of the molecule is C[C@@H]1[C@H]2C[C@@H]1[C@](C)(N=C(N)c1ccc3c(c1)CC[C@H]([C@](C)(O/N=C(\C(=O)N[C@@H]1C(=O)N(OS(=O)(=O)O)C1(C)C)c1csc(N)n1)C(=O)O)O3)CCC2(C)N. The van der Waals surface area contributed by atoms with Crippen molar-refractivity contribution in [3.8, 4) is 5.75 Å². The predicted octanol–water partition coefficient (Wildman–Crippen LogP) is 1.77. The number of aliphatic imine (C=N–C) groups is 1. The number of carbonyl (C=O) groups is 3. The summed E-state index contributed by atoms with van der Waals surface area (Å²) in [5.41, 5.74) is 15.9. The molecule has 294 valence electrons. The highest BCUT2D eigenvalue weighted by Gasteiger charge is 2.59. The summed E-state index contributed by atoms with van der Waals surface area (Å²) >= 11 is 0.968. The maximum atomic E-state index is 13.5. The van der Waals surface area contributed by atoms with Gasteiger partial charge in [-0.25, -0.2) is 9.78 Å². The second-order valence-electron chi connectivity index (χ2n) is 15.8. The highest BCUT2D eigenvalue weighted by Crippen LogP contribution is 2.57. The zero-order chi connectivity index (χ0) is 39.8. The van der Waals surface area contributed by atoms with Gasteiger partial charge in [-0.15, -0.1) is 15.6 Å². The Balaban J connectivity index is 1.20. The minimum atomic E-state index is -5.04. The molecule has 5 aliphatic rings. The van der Waals surface area contributed by atoms with E-state index in [-0.39, 0.29) is 28.3 Å². The number of β-lactam (4-membered cyclic amide) rings is 1. The van der Waals surface area contributed by atoms with Gasteiger partial charge in [-0.3, -0.25) is 19.1 Å². The number of aryl methyl sites for hydroxylation is 1. The van der Waals surface area contributed by atoms with Gasteiger partial charge < -0.3 is 37.2 Å². The van der Waals surface area contributed by atoms with Crippen molar-refractivity contribution in [1.82, 2.24) is 15.4 Å². The number of anilines is 1. The monoisotopic (exact) mass is 790 g/mol. The number of nitrogen functional groups attached to an aromatic ring is 1. The Labute approximate surface area is 316 Å². The Bertz CT molecular complexity index is 2050. The third kappa shape index (κ3) is 7.00. The largest absolute Gasteiger partial charge is 0.485 e. The van der Waals surface area contributed by atoms with Crippen molar-refractivity contribution in [3.05, 3.63) is 40.4 Å². The van der Waals surface area contributed by atoms with Crippen molar-refractivity contribution in [2.75, 3.05) is 5.73 Å². The van der Waals surface area contributed by atoms with Gasteiger partial charge in [-0.05, 0) is 108 Å². The number of nitrogens with two attached hydrogens (primary N) is 3. The predicted molar refractivity (Wildman–Crippen MR) is 197 cm³/mol. The molecule has 0 spiro atoms. The number of carboxylic acids is 1. The number of rotatable bonds is 11. The molecule has 8 atom stereocenters. The Hall–Kier alpha value is -4.37. The van der Waals surface area contributed by atoms with Crippen LogP contribution in [0.2, 0.25) is 0 Å². The number of oxime groups is 1. The summed E-state index contributed by atoms with van der Waals surface area (Å²) in [4.78, 5) is 53.8. The second kappa shape index (κ2) is 13.4. The number of aliphatic carboxylic acids is 1. The molecule has 1 saturated heterocycles. The number of hydrogen-bond donors (Lipinski definition) is 6. The van der Waals surface area contributed by atoms with E-state index in [9.17, 15) is 27.9 Å². The molecule has 2 aliphatic heterocycles. The number of hydroxylamine groups is 2. The third-order valence-electron chi connectivity index (χ3n) is 11.7. The number of nitrogens with one attached hydrogen (secondary N) is 1. The number of amidine groups is 1. The fraction of sp³-hybridized carbons (Fsp3) is 0.588. The summed E-state index contributed by atoms with van der Waals surface area (Å²) in [6.45, 7) is 10.5. The van der Waals surface area contributed by atoms with E-state index >= 15 is 0 Å². The van der Waals surface area contributed by atoms with Gasteiger partial charge in [0.15, 0.2) is 16.9 Å². The molecule has 1 unspecified atom stereocenters. The number of aromatic nitrogens is 1. The minimum absolute atomic E-state index is 0.0599.